The predicted octanol–water partition coefficient (Wildman–Crippen LogP) is 1.80. The van der Waals surface area contributed by atoms with Crippen molar-refractivity contribution in [2.45, 2.75) is 45.7 Å². The fraction of sp³-hybridized carbons (Fsp3) is 1.00. The van der Waals surface area contributed by atoms with Gasteiger partial charge in [0, 0.05) is 17.5 Å². The lowest BCUT2D eigenvalue weighted by Crippen LogP contribution is -2.46. The Labute approximate surface area is 81.0 Å². The van der Waals surface area contributed by atoms with Gasteiger partial charge in [0.15, 0.2) is 0 Å². The lowest BCUT2D eigenvalue weighted by atomic mass is 9.87. The predicted molar refractivity (Wildman–Crippen MR) is 53.7 cm³/mol. The normalized spacial score (nSPS) is 34.8. The average Bonchev–Trinajstić information content (AvgIpc) is 2.80. The van der Waals surface area contributed by atoms with E-state index in [1.807, 2.05) is 0 Å². The third kappa shape index (κ3) is 2.05. The topological polar surface area (TPSA) is 21.3 Å². The van der Waals surface area contributed by atoms with Crippen LogP contribution in [0.5, 0.6) is 0 Å². The van der Waals surface area contributed by atoms with E-state index in [1.165, 1.54) is 12.8 Å². The third-order valence-electron chi connectivity index (χ3n) is 3.50. The molecule has 13 heavy (non-hydrogen) atoms. The molecule has 1 aliphatic carbocycles. The summed E-state index contributed by atoms with van der Waals surface area (Å²) in [4.78, 5) is 0. The minimum absolute atomic E-state index is 0.323. The van der Waals surface area contributed by atoms with Gasteiger partial charge in [0.25, 0.3) is 0 Å². The Hall–Kier alpha value is -0.0800. The molecule has 0 radical (unpaired) electrons. The largest absolute Gasteiger partial charge is 0.379 e. The quantitative estimate of drug-likeness (QED) is 0.720. The van der Waals surface area contributed by atoms with E-state index in [1.54, 1.807) is 0 Å². The smallest absolute Gasteiger partial charge is 0.0626 e. The molecule has 0 spiro atoms. The van der Waals surface area contributed by atoms with Gasteiger partial charge in [-0.25, -0.2) is 0 Å². The van der Waals surface area contributed by atoms with Crippen molar-refractivity contribution in [1.29, 1.82) is 0 Å². The summed E-state index contributed by atoms with van der Waals surface area (Å²) in [6.45, 7) is 8.69. The van der Waals surface area contributed by atoms with E-state index in [4.69, 9.17) is 4.74 Å². The Morgan fingerprint density at radius 3 is 2.54 bits per heavy atom. The molecule has 76 valence electrons. The van der Waals surface area contributed by atoms with Crippen LogP contribution in [0.3, 0.4) is 0 Å². The van der Waals surface area contributed by atoms with Crippen LogP contribution in [0.1, 0.15) is 33.6 Å². The standard InChI is InChI=1S/C11H21NO/c1-8(9-4-5-9)12-10-6-13-7-11(10,2)3/h8-10,12H,4-7H2,1-3H3. The minimum Gasteiger partial charge on any atom is -0.379 e. The lowest BCUT2D eigenvalue weighted by Gasteiger charge is -2.28. The summed E-state index contributed by atoms with van der Waals surface area (Å²) in [5.74, 6) is 0.941. The molecule has 0 aromatic carbocycles. The van der Waals surface area contributed by atoms with Crippen LogP contribution in [0, 0.1) is 11.3 Å². The average molecular weight is 183 g/mol. The summed E-state index contributed by atoms with van der Waals surface area (Å²) < 4.78 is 5.51. The molecular formula is C11H21NO. The Bertz CT molecular complexity index is 187. The molecule has 1 aliphatic heterocycles. The Balaban J connectivity index is 1.86. The second-order valence-corrected chi connectivity index (χ2v) is 5.35. The maximum atomic E-state index is 5.51. The van der Waals surface area contributed by atoms with Gasteiger partial charge in [-0.1, -0.05) is 13.8 Å². The SMILES string of the molecule is CC(NC1COCC1(C)C)C1CC1. The molecule has 2 aliphatic rings. The van der Waals surface area contributed by atoms with Gasteiger partial charge in [-0.3, -0.25) is 0 Å². The highest BCUT2D eigenvalue weighted by molar-refractivity contribution is 4.93. The summed E-state index contributed by atoms with van der Waals surface area (Å²) in [5.41, 5.74) is 0.323. The van der Waals surface area contributed by atoms with Crippen LogP contribution < -0.4 is 5.32 Å². The summed E-state index contributed by atoms with van der Waals surface area (Å²) in [6, 6.07) is 1.24. The monoisotopic (exact) mass is 183 g/mol. The lowest BCUT2D eigenvalue weighted by molar-refractivity contribution is 0.166. The fourth-order valence-corrected chi connectivity index (χ4v) is 2.09. The van der Waals surface area contributed by atoms with E-state index in [0.29, 0.717) is 17.5 Å². The van der Waals surface area contributed by atoms with Gasteiger partial charge in [-0.15, -0.1) is 0 Å². The van der Waals surface area contributed by atoms with Gasteiger partial charge in [0.05, 0.1) is 13.2 Å². The molecule has 2 nitrogen and oxygen atoms in total. The van der Waals surface area contributed by atoms with Crippen molar-refractivity contribution in [2.75, 3.05) is 13.2 Å². The van der Waals surface area contributed by atoms with Gasteiger partial charge in [-0.2, -0.15) is 0 Å². The van der Waals surface area contributed by atoms with Crippen LogP contribution >= 0.6 is 0 Å². The van der Waals surface area contributed by atoms with E-state index in [9.17, 15) is 0 Å². The first-order valence-corrected chi connectivity index (χ1v) is 5.43. The van der Waals surface area contributed by atoms with Crippen molar-refractivity contribution in [3.05, 3.63) is 0 Å². The van der Waals surface area contributed by atoms with E-state index >= 15 is 0 Å². The number of hydrogen-bond acceptors (Lipinski definition) is 2. The van der Waals surface area contributed by atoms with E-state index in [2.05, 4.69) is 26.1 Å². The van der Waals surface area contributed by atoms with Crippen LogP contribution in [0.15, 0.2) is 0 Å². The first kappa shape index (κ1) is 9.47. The molecule has 2 atom stereocenters. The number of nitrogens with one attached hydrogen (secondary N) is 1. The van der Waals surface area contributed by atoms with Crippen LogP contribution in [-0.2, 0) is 4.74 Å². The number of hydrogen-bond donors (Lipinski definition) is 1. The second kappa shape index (κ2) is 3.25. The molecule has 2 heteroatoms. The zero-order chi connectivity index (χ0) is 9.47. The molecule has 2 fully saturated rings. The van der Waals surface area contributed by atoms with Crippen molar-refractivity contribution in [3.8, 4) is 0 Å². The molecule has 1 N–H and O–H groups in total. The van der Waals surface area contributed by atoms with Gasteiger partial charge in [0.1, 0.15) is 0 Å². The summed E-state index contributed by atoms with van der Waals surface area (Å²) in [6.07, 6.45) is 2.84. The highest BCUT2D eigenvalue weighted by Crippen LogP contribution is 2.34. The molecule has 0 aromatic rings. The van der Waals surface area contributed by atoms with Crippen molar-refractivity contribution in [3.63, 3.8) is 0 Å². The molecule has 1 saturated heterocycles. The van der Waals surface area contributed by atoms with Crippen LogP contribution in [0.2, 0.25) is 0 Å². The van der Waals surface area contributed by atoms with E-state index < -0.39 is 0 Å². The molecule has 0 bridgehead atoms. The van der Waals surface area contributed by atoms with Crippen molar-refractivity contribution in [1.82, 2.24) is 5.32 Å². The Morgan fingerprint density at radius 1 is 1.38 bits per heavy atom. The maximum Gasteiger partial charge on any atom is 0.0626 e. The highest BCUT2D eigenvalue weighted by Gasteiger charge is 2.38. The first-order valence-electron chi connectivity index (χ1n) is 5.43. The van der Waals surface area contributed by atoms with E-state index in [-0.39, 0.29) is 0 Å². The zero-order valence-corrected chi connectivity index (χ0v) is 8.97. The molecule has 1 heterocycles. The number of ether oxygens (including phenoxy) is 1. The molecule has 0 aromatic heterocycles. The van der Waals surface area contributed by atoms with Crippen LogP contribution in [-0.4, -0.2) is 25.3 Å². The van der Waals surface area contributed by atoms with E-state index in [0.717, 1.165) is 19.1 Å². The third-order valence-corrected chi connectivity index (χ3v) is 3.50. The summed E-state index contributed by atoms with van der Waals surface area (Å²) >= 11 is 0. The Morgan fingerprint density at radius 2 is 2.08 bits per heavy atom. The van der Waals surface area contributed by atoms with Crippen molar-refractivity contribution in [2.24, 2.45) is 11.3 Å². The zero-order valence-electron chi connectivity index (χ0n) is 8.97. The summed E-state index contributed by atoms with van der Waals surface area (Å²) in [5, 5.41) is 3.71. The van der Waals surface area contributed by atoms with Crippen molar-refractivity contribution >= 4 is 0 Å². The molecule has 2 unspecified atom stereocenters. The molecule has 1 saturated carbocycles. The first-order chi connectivity index (χ1) is 6.09. The summed E-state index contributed by atoms with van der Waals surface area (Å²) in [7, 11) is 0. The molecular weight excluding hydrogens is 162 g/mol. The Kier molecular flexibility index (Phi) is 2.37. The van der Waals surface area contributed by atoms with Gasteiger partial charge in [0.2, 0.25) is 0 Å². The maximum absolute atomic E-state index is 5.51. The number of rotatable bonds is 3. The van der Waals surface area contributed by atoms with Gasteiger partial charge >= 0.3 is 0 Å². The van der Waals surface area contributed by atoms with Crippen LogP contribution in [0.25, 0.3) is 0 Å². The molecule has 2 rings (SSSR count). The van der Waals surface area contributed by atoms with Crippen LogP contribution in [0.4, 0.5) is 0 Å². The highest BCUT2D eigenvalue weighted by atomic mass is 16.5. The molecule has 0 amide bonds. The fourth-order valence-electron chi connectivity index (χ4n) is 2.09. The van der Waals surface area contributed by atoms with Gasteiger partial charge in [-0.05, 0) is 25.7 Å². The minimum atomic E-state index is 0.323. The van der Waals surface area contributed by atoms with Gasteiger partial charge < -0.3 is 10.1 Å². The van der Waals surface area contributed by atoms with Crippen molar-refractivity contribution < 1.29 is 4.74 Å². The second-order valence-electron chi connectivity index (χ2n) is 5.35.